The van der Waals surface area contributed by atoms with Gasteiger partial charge in [0.2, 0.25) is 17.7 Å². The molecule has 32 heavy (non-hydrogen) atoms. The molecule has 1 aliphatic rings. The maximum Gasteiger partial charge on any atom is 0.326 e. The van der Waals surface area contributed by atoms with Crippen LogP contribution in [0.15, 0.2) is 0 Å². The van der Waals surface area contributed by atoms with Crippen molar-refractivity contribution in [3.8, 4) is 0 Å². The van der Waals surface area contributed by atoms with Crippen molar-refractivity contribution in [3.63, 3.8) is 0 Å². The molecule has 4 unspecified atom stereocenters. The highest BCUT2D eigenvalue weighted by Crippen LogP contribution is 2.20. The maximum atomic E-state index is 13.2. The summed E-state index contributed by atoms with van der Waals surface area (Å²) in [6.07, 6.45) is 4.21. The Morgan fingerprint density at radius 2 is 1.62 bits per heavy atom. The van der Waals surface area contributed by atoms with Crippen molar-refractivity contribution in [3.05, 3.63) is 0 Å². The van der Waals surface area contributed by atoms with Crippen LogP contribution in [0.1, 0.15) is 59.8 Å². The molecule has 0 aromatic heterocycles. The molecule has 0 aliphatic carbocycles. The molecule has 9 nitrogen and oxygen atoms in total. The topological polar surface area (TPSA) is 142 Å². The SMILES string of the molecule is CSCCC(NC(=O)C(N)CC(C)C)C(=O)NC(CC(C)C)C(=O)N1CCCC1C(=O)O. The number of aliphatic carboxylic acids is 1. The Hall–Kier alpha value is -1.81. The third kappa shape index (κ3) is 8.97. The first-order chi connectivity index (χ1) is 15.0. The van der Waals surface area contributed by atoms with E-state index in [-0.39, 0.29) is 17.7 Å². The van der Waals surface area contributed by atoms with Gasteiger partial charge in [0, 0.05) is 6.54 Å². The Bertz CT molecular complexity index is 658. The molecule has 5 N–H and O–H groups in total. The molecule has 0 bridgehead atoms. The number of thioether (sulfide) groups is 1. The summed E-state index contributed by atoms with van der Waals surface area (Å²) in [5, 5.41) is 15.0. The van der Waals surface area contributed by atoms with Gasteiger partial charge in [0.1, 0.15) is 18.1 Å². The average Bonchev–Trinajstić information content (AvgIpc) is 3.19. The molecule has 3 amide bonds. The standard InChI is InChI=1S/C22H40N4O5S/c1-13(2)11-15(23)19(27)24-16(8-10-32-5)20(28)25-17(12-14(3)4)21(29)26-9-6-7-18(26)22(30)31/h13-18H,6-12,23H2,1-5H3,(H,24,27)(H,25,28)(H,30,31). The maximum absolute atomic E-state index is 13.2. The predicted octanol–water partition coefficient (Wildman–Crippen LogP) is 1.20. The van der Waals surface area contributed by atoms with Crippen LogP contribution in [0.3, 0.4) is 0 Å². The van der Waals surface area contributed by atoms with Gasteiger partial charge >= 0.3 is 5.97 Å². The molecule has 0 saturated carbocycles. The number of nitrogens with zero attached hydrogens (tertiary/aromatic N) is 1. The minimum atomic E-state index is -1.03. The van der Waals surface area contributed by atoms with Gasteiger partial charge in [0.05, 0.1) is 6.04 Å². The van der Waals surface area contributed by atoms with E-state index in [2.05, 4.69) is 10.6 Å². The summed E-state index contributed by atoms with van der Waals surface area (Å²) in [6, 6.07) is -3.24. The molecule has 0 aromatic rings. The second-order valence-corrected chi connectivity index (χ2v) is 10.3. The van der Waals surface area contributed by atoms with Crippen LogP contribution in [0.25, 0.3) is 0 Å². The number of rotatable bonds is 13. The zero-order valence-corrected chi connectivity index (χ0v) is 20.7. The third-order valence-electron chi connectivity index (χ3n) is 5.45. The van der Waals surface area contributed by atoms with Gasteiger partial charge in [-0.25, -0.2) is 4.79 Å². The molecule has 4 atom stereocenters. The summed E-state index contributed by atoms with van der Waals surface area (Å²) < 4.78 is 0. The second kappa shape index (κ2) is 13.7. The number of carbonyl (C=O) groups is 4. The first kappa shape index (κ1) is 28.2. The Kier molecular flexibility index (Phi) is 12.1. The normalized spacial score (nSPS) is 19.0. The van der Waals surface area contributed by atoms with E-state index in [1.54, 1.807) is 11.8 Å². The molecule has 184 valence electrons. The van der Waals surface area contributed by atoms with Gasteiger partial charge in [0.15, 0.2) is 0 Å². The van der Waals surface area contributed by atoms with Gasteiger partial charge in [-0.2, -0.15) is 11.8 Å². The zero-order chi connectivity index (χ0) is 24.4. The van der Waals surface area contributed by atoms with Gasteiger partial charge < -0.3 is 26.4 Å². The Morgan fingerprint density at radius 3 is 2.16 bits per heavy atom. The minimum Gasteiger partial charge on any atom is -0.480 e. The summed E-state index contributed by atoms with van der Waals surface area (Å²) in [5.41, 5.74) is 5.97. The van der Waals surface area contributed by atoms with Crippen molar-refractivity contribution in [2.45, 2.75) is 84.0 Å². The zero-order valence-electron chi connectivity index (χ0n) is 19.9. The van der Waals surface area contributed by atoms with Gasteiger partial charge in [0.25, 0.3) is 0 Å². The van der Waals surface area contributed by atoms with Crippen molar-refractivity contribution in [2.75, 3.05) is 18.6 Å². The second-order valence-electron chi connectivity index (χ2n) is 9.30. The van der Waals surface area contributed by atoms with Crippen LogP contribution in [0.4, 0.5) is 0 Å². The van der Waals surface area contributed by atoms with E-state index in [0.29, 0.717) is 44.4 Å². The number of nitrogens with two attached hydrogens (primary N) is 1. The molecular formula is C22H40N4O5S. The Balaban J connectivity index is 2.96. The van der Waals surface area contributed by atoms with Gasteiger partial charge in [-0.05, 0) is 55.9 Å². The third-order valence-corrected chi connectivity index (χ3v) is 6.09. The summed E-state index contributed by atoms with van der Waals surface area (Å²) in [7, 11) is 0. The quantitative estimate of drug-likeness (QED) is 0.315. The summed E-state index contributed by atoms with van der Waals surface area (Å²) in [4.78, 5) is 51.6. The minimum absolute atomic E-state index is 0.105. The number of carboxylic acid groups (broad SMARTS) is 1. The number of nitrogens with one attached hydrogen (secondary N) is 2. The molecule has 0 aromatic carbocycles. The van der Waals surface area contributed by atoms with E-state index >= 15 is 0 Å². The first-order valence-corrected chi connectivity index (χ1v) is 12.8. The highest BCUT2D eigenvalue weighted by molar-refractivity contribution is 7.98. The first-order valence-electron chi connectivity index (χ1n) is 11.4. The monoisotopic (exact) mass is 472 g/mol. The number of hydrogen-bond acceptors (Lipinski definition) is 6. The fourth-order valence-electron chi connectivity index (χ4n) is 3.85. The lowest BCUT2D eigenvalue weighted by molar-refractivity contribution is -0.149. The van der Waals surface area contributed by atoms with E-state index in [0.717, 1.165) is 0 Å². The lowest BCUT2D eigenvalue weighted by Crippen LogP contribution is -2.57. The summed E-state index contributed by atoms with van der Waals surface area (Å²) in [5.74, 6) is -1.27. The van der Waals surface area contributed by atoms with Crippen LogP contribution in [0.5, 0.6) is 0 Å². The molecule has 1 rings (SSSR count). The predicted molar refractivity (Wildman–Crippen MR) is 126 cm³/mol. The lowest BCUT2D eigenvalue weighted by Gasteiger charge is -2.29. The number of hydrogen-bond donors (Lipinski definition) is 4. The lowest BCUT2D eigenvalue weighted by atomic mass is 10.0. The van der Waals surface area contributed by atoms with Crippen LogP contribution >= 0.6 is 11.8 Å². The van der Waals surface area contributed by atoms with E-state index in [1.165, 1.54) is 4.90 Å². The highest BCUT2D eigenvalue weighted by Gasteiger charge is 2.38. The van der Waals surface area contributed by atoms with Crippen LogP contribution in [0.2, 0.25) is 0 Å². The fourth-order valence-corrected chi connectivity index (χ4v) is 4.32. The molecule has 10 heteroatoms. The number of amides is 3. The molecule has 0 spiro atoms. The van der Waals surface area contributed by atoms with E-state index in [4.69, 9.17) is 5.73 Å². The Labute approximate surface area is 195 Å². The smallest absolute Gasteiger partial charge is 0.326 e. The highest BCUT2D eigenvalue weighted by atomic mass is 32.2. The van der Waals surface area contributed by atoms with E-state index < -0.39 is 42.0 Å². The van der Waals surface area contributed by atoms with Crippen molar-refractivity contribution in [1.29, 1.82) is 0 Å². The van der Waals surface area contributed by atoms with Crippen molar-refractivity contribution in [2.24, 2.45) is 17.6 Å². The van der Waals surface area contributed by atoms with Crippen molar-refractivity contribution >= 4 is 35.5 Å². The molecular weight excluding hydrogens is 432 g/mol. The number of carboxylic acids is 1. The van der Waals surface area contributed by atoms with Crippen molar-refractivity contribution in [1.82, 2.24) is 15.5 Å². The molecule has 1 aliphatic heterocycles. The van der Waals surface area contributed by atoms with Crippen LogP contribution in [0, 0.1) is 11.8 Å². The Morgan fingerprint density at radius 1 is 1.03 bits per heavy atom. The van der Waals surface area contributed by atoms with Crippen molar-refractivity contribution < 1.29 is 24.3 Å². The molecule has 1 saturated heterocycles. The van der Waals surface area contributed by atoms with Crippen LogP contribution < -0.4 is 16.4 Å². The largest absolute Gasteiger partial charge is 0.480 e. The average molecular weight is 473 g/mol. The summed E-state index contributed by atoms with van der Waals surface area (Å²) >= 11 is 1.55. The van der Waals surface area contributed by atoms with E-state index in [9.17, 15) is 24.3 Å². The summed E-state index contributed by atoms with van der Waals surface area (Å²) in [6.45, 7) is 8.16. The van der Waals surface area contributed by atoms with Crippen LogP contribution in [-0.4, -0.2) is 76.4 Å². The molecule has 0 radical (unpaired) electrons. The number of carbonyl (C=O) groups excluding carboxylic acids is 3. The molecule has 1 heterocycles. The van der Waals surface area contributed by atoms with E-state index in [1.807, 2.05) is 34.0 Å². The number of likely N-dealkylation sites (tertiary alicyclic amines) is 1. The van der Waals surface area contributed by atoms with Gasteiger partial charge in [-0.3, -0.25) is 14.4 Å². The van der Waals surface area contributed by atoms with Crippen LogP contribution in [-0.2, 0) is 19.2 Å². The molecule has 1 fully saturated rings. The fraction of sp³-hybridized carbons (Fsp3) is 0.818. The van der Waals surface area contributed by atoms with Gasteiger partial charge in [-0.1, -0.05) is 27.7 Å². The van der Waals surface area contributed by atoms with Gasteiger partial charge in [-0.15, -0.1) is 0 Å².